The molecule has 0 radical (unpaired) electrons. The number of hydrogen-bond donors (Lipinski definition) is 3. The Morgan fingerprint density at radius 3 is 2.33 bits per heavy atom. The van der Waals surface area contributed by atoms with Gasteiger partial charge in [-0.15, -0.1) is 5.10 Å². The van der Waals surface area contributed by atoms with E-state index in [2.05, 4.69) is 15.5 Å². The van der Waals surface area contributed by atoms with E-state index < -0.39 is 5.97 Å². The minimum Gasteiger partial charge on any atom is -0.478 e. The van der Waals surface area contributed by atoms with E-state index in [1.165, 1.54) is 23.9 Å². The Morgan fingerprint density at radius 2 is 1.70 bits per heavy atom. The summed E-state index contributed by atoms with van der Waals surface area (Å²) >= 11 is 7.33. The number of nitrogens with one attached hydrogen (secondary N) is 2. The van der Waals surface area contributed by atoms with Gasteiger partial charge in [0, 0.05) is 10.7 Å². The first-order chi connectivity index (χ1) is 15.9. The van der Waals surface area contributed by atoms with Crippen LogP contribution in [0.25, 0.3) is 17.1 Å². The van der Waals surface area contributed by atoms with Crippen LogP contribution in [0.15, 0.2) is 78.0 Å². The molecule has 1 heterocycles. The molecule has 1 aromatic heterocycles. The summed E-state index contributed by atoms with van der Waals surface area (Å²) in [6.07, 6.45) is 0. The van der Waals surface area contributed by atoms with Crippen molar-refractivity contribution in [3.63, 3.8) is 0 Å². The van der Waals surface area contributed by atoms with Gasteiger partial charge < -0.3 is 10.4 Å². The molecule has 0 saturated carbocycles. The van der Waals surface area contributed by atoms with Crippen LogP contribution in [-0.4, -0.2) is 32.9 Å². The summed E-state index contributed by atoms with van der Waals surface area (Å²) in [5.41, 5.74) is 3.64. The number of carbonyl (C=O) groups is 2. The zero-order chi connectivity index (χ0) is 23.4. The summed E-state index contributed by atoms with van der Waals surface area (Å²) in [7, 11) is 0. The first kappa shape index (κ1) is 22.6. The normalized spacial score (nSPS) is 10.7. The van der Waals surface area contributed by atoms with Crippen molar-refractivity contribution in [3.8, 4) is 17.1 Å². The number of carboxylic acids is 1. The second-order valence-electron chi connectivity index (χ2n) is 7.25. The fraction of sp³-hybridized carbons (Fsp3) is 0.0833. The number of H-pyrrole nitrogens is 1. The zero-order valence-corrected chi connectivity index (χ0v) is 19.2. The van der Waals surface area contributed by atoms with Crippen LogP contribution in [0.2, 0.25) is 5.02 Å². The van der Waals surface area contributed by atoms with E-state index in [-0.39, 0.29) is 17.2 Å². The van der Waals surface area contributed by atoms with E-state index >= 15 is 0 Å². The number of aromatic carboxylic acids is 1. The van der Waals surface area contributed by atoms with Gasteiger partial charge in [0.25, 0.3) is 5.82 Å². The molecule has 0 aliphatic rings. The maximum absolute atomic E-state index is 12.5. The van der Waals surface area contributed by atoms with Crippen LogP contribution < -0.4 is 9.88 Å². The van der Waals surface area contributed by atoms with Crippen molar-refractivity contribution in [2.75, 3.05) is 11.1 Å². The molecule has 0 aliphatic heterocycles. The Morgan fingerprint density at radius 1 is 1.03 bits per heavy atom. The molecular weight excluding hydrogens is 460 g/mol. The largest absolute Gasteiger partial charge is 0.478 e. The number of anilines is 1. The molecule has 3 aromatic carbocycles. The van der Waals surface area contributed by atoms with Gasteiger partial charge in [0.15, 0.2) is 0 Å². The smallest absolute Gasteiger partial charge is 0.342 e. The topological polar surface area (TPSA) is 99.0 Å². The van der Waals surface area contributed by atoms with E-state index in [0.29, 0.717) is 15.9 Å². The van der Waals surface area contributed by atoms with Gasteiger partial charge in [0.2, 0.25) is 5.91 Å². The molecule has 0 atom stereocenters. The number of carboxylic acid groups (broad SMARTS) is 1. The lowest BCUT2D eigenvalue weighted by Crippen LogP contribution is -2.34. The number of halogens is 1. The third-order valence-corrected chi connectivity index (χ3v) is 6.02. The van der Waals surface area contributed by atoms with Crippen molar-refractivity contribution in [1.82, 2.24) is 10.2 Å². The molecular formula is C24H20ClN4O3S+. The molecule has 0 unspecified atom stereocenters. The number of amides is 1. The molecule has 0 aliphatic carbocycles. The third-order valence-electron chi connectivity index (χ3n) is 4.83. The predicted molar refractivity (Wildman–Crippen MR) is 128 cm³/mol. The highest BCUT2D eigenvalue weighted by Gasteiger charge is 2.24. The number of rotatable bonds is 7. The highest BCUT2D eigenvalue weighted by Crippen LogP contribution is 2.22. The lowest BCUT2D eigenvalue weighted by Gasteiger charge is -2.06. The van der Waals surface area contributed by atoms with Crippen molar-refractivity contribution < 1.29 is 19.3 Å². The lowest BCUT2D eigenvalue weighted by molar-refractivity contribution is -0.625. The second kappa shape index (κ2) is 9.89. The van der Waals surface area contributed by atoms with E-state index in [1.54, 1.807) is 12.1 Å². The molecule has 33 heavy (non-hydrogen) atoms. The average Bonchev–Trinajstić information content (AvgIpc) is 3.23. The zero-order valence-electron chi connectivity index (χ0n) is 17.6. The molecule has 1 amide bonds. The Labute approximate surface area is 199 Å². The summed E-state index contributed by atoms with van der Waals surface area (Å²) in [4.78, 5) is 23.5. The quantitative estimate of drug-likeness (QED) is 0.262. The van der Waals surface area contributed by atoms with Gasteiger partial charge in [-0.1, -0.05) is 29.3 Å². The minimum absolute atomic E-state index is 0.122. The van der Waals surface area contributed by atoms with Crippen LogP contribution >= 0.6 is 23.4 Å². The molecule has 166 valence electrons. The number of aryl methyl sites for hydroxylation is 1. The lowest BCUT2D eigenvalue weighted by atomic mass is 10.2. The first-order valence-electron chi connectivity index (χ1n) is 10.00. The Bertz CT molecular complexity index is 1290. The fourth-order valence-electron chi connectivity index (χ4n) is 3.15. The summed E-state index contributed by atoms with van der Waals surface area (Å²) in [6.45, 7) is 2.02. The molecule has 9 heteroatoms. The van der Waals surface area contributed by atoms with Gasteiger partial charge in [0.05, 0.1) is 22.0 Å². The van der Waals surface area contributed by atoms with Gasteiger partial charge in [-0.05, 0) is 79.3 Å². The molecule has 7 nitrogen and oxygen atoms in total. The number of carbonyl (C=O) groups excluding carboxylic acids is 1. The number of thioether (sulfide) groups is 1. The molecule has 4 aromatic rings. The van der Waals surface area contributed by atoms with Crippen LogP contribution in [0.3, 0.4) is 0 Å². The van der Waals surface area contributed by atoms with Crippen LogP contribution in [0, 0.1) is 6.92 Å². The first-order valence-corrected chi connectivity index (χ1v) is 11.4. The maximum Gasteiger partial charge on any atom is 0.342 e. The number of nitrogens with zero attached hydrogens (tertiary/aromatic N) is 2. The summed E-state index contributed by atoms with van der Waals surface area (Å²) in [6, 6.07) is 21.5. The molecule has 0 fully saturated rings. The average molecular weight is 480 g/mol. The summed E-state index contributed by atoms with van der Waals surface area (Å²) in [5.74, 6) is -0.353. The van der Waals surface area contributed by atoms with E-state index in [9.17, 15) is 9.59 Å². The standard InChI is InChI=1S/C24H19ClN4O3S/c1-15-2-12-20(13-3-15)29-22(16-4-8-18(25)9-5-16)27-28-24(29)33-14-21(30)26-19-10-6-17(7-11-19)23(31)32/h2-13H,14H2,1H3,(H2,26,30,31,32)/p+1. The molecule has 4 rings (SSSR count). The second-order valence-corrected chi connectivity index (χ2v) is 8.63. The van der Waals surface area contributed by atoms with Crippen molar-refractivity contribution >= 4 is 40.9 Å². The molecule has 3 N–H and O–H groups in total. The van der Waals surface area contributed by atoms with Crippen LogP contribution in [0.1, 0.15) is 15.9 Å². The molecule has 0 spiro atoms. The number of aromatic nitrogens is 3. The Hall–Kier alpha value is -3.62. The van der Waals surface area contributed by atoms with E-state index in [4.69, 9.17) is 16.7 Å². The third kappa shape index (κ3) is 5.42. The SMILES string of the molecule is Cc1ccc(-[n+]2c(SCC(=O)Nc3ccc(C(=O)O)cc3)n[nH]c2-c2ccc(Cl)cc2)cc1. The van der Waals surface area contributed by atoms with Gasteiger partial charge in [-0.25, -0.2) is 4.79 Å². The summed E-state index contributed by atoms with van der Waals surface area (Å²) in [5, 5.41) is 20.6. The highest BCUT2D eigenvalue weighted by atomic mass is 35.5. The Balaban J connectivity index is 1.55. The highest BCUT2D eigenvalue weighted by molar-refractivity contribution is 7.99. The number of hydrogen-bond acceptors (Lipinski definition) is 4. The van der Waals surface area contributed by atoms with Crippen LogP contribution in [0.5, 0.6) is 0 Å². The molecule has 0 saturated heterocycles. The van der Waals surface area contributed by atoms with Gasteiger partial charge in [-0.2, -0.15) is 4.57 Å². The van der Waals surface area contributed by atoms with Gasteiger partial charge >= 0.3 is 11.1 Å². The molecule has 0 bridgehead atoms. The number of benzene rings is 3. The number of aromatic amines is 1. The van der Waals surface area contributed by atoms with Gasteiger partial charge in [0.1, 0.15) is 5.69 Å². The van der Waals surface area contributed by atoms with Crippen molar-refractivity contribution in [3.05, 3.63) is 88.9 Å². The van der Waals surface area contributed by atoms with Crippen molar-refractivity contribution in [2.24, 2.45) is 0 Å². The summed E-state index contributed by atoms with van der Waals surface area (Å²) < 4.78 is 1.96. The monoisotopic (exact) mass is 479 g/mol. The van der Waals surface area contributed by atoms with E-state index in [0.717, 1.165) is 22.6 Å². The predicted octanol–water partition coefficient (Wildman–Crippen LogP) is 4.74. The van der Waals surface area contributed by atoms with Gasteiger partial charge in [-0.3, -0.25) is 4.79 Å². The van der Waals surface area contributed by atoms with Crippen molar-refractivity contribution in [1.29, 1.82) is 0 Å². The Kier molecular flexibility index (Phi) is 6.76. The van der Waals surface area contributed by atoms with Crippen LogP contribution in [-0.2, 0) is 4.79 Å². The maximum atomic E-state index is 12.5. The van der Waals surface area contributed by atoms with E-state index in [1.807, 2.05) is 60.0 Å². The fourth-order valence-corrected chi connectivity index (χ4v) is 4.05. The minimum atomic E-state index is -1.01. The van der Waals surface area contributed by atoms with Crippen molar-refractivity contribution in [2.45, 2.75) is 12.1 Å². The van der Waals surface area contributed by atoms with Crippen LogP contribution in [0.4, 0.5) is 5.69 Å².